The molecule has 0 spiro atoms. The Kier molecular flexibility index (Phi) is 55.6. The monoisotopic (exact) mass is 1510 g/mol. The van der Waals surface area contributed by atoms with Crippen LogP contribution in [-0.2, 0) is 49.2 Å². The Morgan fingerprint density at radius 2 is 0.298 bits per heavy atom. The fourth-order valence-corrected chi connectivity index (χ4v) is 16.7. The van der Waals surface area contributed by atoms with Crippen LogP contribution in [0, 0.1) is 0 Å². The molecule has 0 unspecified atom stereocenters. The third kappa shape index (κ3) is 40.8. The van der Waals surface area contributed by atoms with Crippen molar-refractivity contribution in [2.24, 2.45) is 0 Å². The lowest BCUT2D eigenvalue weighted by atomic mass is 9.88. The first-order valence-electron chi connectivity index (χ1n) is 44.7. The number of unbranched alkanes of at least 4 members (excludes halogenated alkanes) is 52. The Labute approximate surface area is 662 Å². The zero-order chi connectivity index (χ0) is 73.8. The van der Waals surface area contributed by atoms with Gasteiger partial charge in [-0.3, -0.25) is 0 Å². The second kappa shape index (κ2) is 62.9. The summed E-state index contributed by atoms with van der Waals surface area (Å²) in [6.45, 7) is 11.9. The molecule has 0 amide bonds. The maximum Gasteiger partial charge on any atom is 0.126 e. The summed E-state index contributed by atoms with van der Waals surface area (Å²) in [5, 5.41) is 0. The predicted octanol–water partition coefficient (Wildman–Crippen LogP) is 32.8. The molecule has 0 aliphatic heterocycles. The Morgan fingerprint density at radius 3 is 0.413 bits per heavy atom. The van der Waals surface area contributed by atoms with Crippen molar-refractivity contribution in [2.45, 2.75) is 436 Å². The first-order chi connectivity index (χ1) is 51.4. The molecule has 8 heteroatoms. The summed E-state index contributed by atoms with van der Waals surface area (Å²) < 4.78 is 29.2. The molecule has 4 nitrogen and oxygen atoms in total. The second-order valence-electron chi connectivity index (χ2n) is 32.0. The summed E-state index contributed by atoms with van der Waals surface area (Å²) in [5.74, 6) is 5.42. The highest BCUT2D eigenvalue weighted by molar-refractivity contribution is 6.17. The van der Waals surface area contributed by atoms with Gasteiger partial charge in [0.15, 0.2) is 0 Å². The van der Waals surface area contributed by atoms with E-state index in [2.05, 4.69) is 76.2 Å². The van der Waals surface area contributed by atoms with Crippen LogP contribution in [0.25, 0.3) is 0 Å². The van der Waals surface area contributed by atoms with E-state index in [1.807, 2.05) is 0 Å². The van der Waals surface area contributed by atoms with Gasteiger partial charge in [-0.25, -0.2) is 0 Å². The first kappa shape index (κ1) is 91.8. The number of halogens is 4. The van der Waals surface area contributed by atoms with Gasteiger partial charge in [-0.1, -0.05) is 410 Å². The van der Waals surface area contributed by atoms with E-state index in [0.717, 1.165) is 141 Å². The average Bonchev–Trinajstić information content (AvgIpc) is 0.777. The van der Waals surface area contributed by atoms with E-state index in [9.17, 15) is 0 Å². The number of hydrogen-bond donors (Lipinski definition) is 0. The molecule has 4 aromatic rings. The summed E-state index contributed by atoms with van der Waals surface area (Å²) in [4.78, 5) is 0. The van der Waals surface area contributed by atoms with E-state index in [1.165, 1.54) is 308 Å². The Bertz CT molecular complexity index is 2260. The minimum absolute atomic E-state index is 0.393. The lowest BCUT2D eigenvalue weighted by Crippen LogP contribution is -2.12. The van der Waals surface area contributed by atoms with Crippen LogP contribution in [-0.4, -0.2) is 26.4 Å². The quantitative estimate of drug-likeness (QED) is 0.0287. The summed E-state index contributed by atoms with van der Waals surface area (Å²) in [6.07, 6.45) is 76.4. The maximum absolute atomic E-state index is 7.31. The van der Waals surface area contributed by atoms with Gasteiger partial charge in [-0.15, -0.1) is 46.4 Å². The molecule has 5 rings (SSSR count). The Balaban J connectivity index is 1.48. The van der Waals surface area contributed by atoms with Crippen LogP contribution < -0.4 is 18.9 Å². The molecule has 0 fully saturated rings. The molecular formula is C96H156Cl4O4. The van der Waals surface area contributed by atoms with E-state index >= 15 is 0 Å². The predicted molar refractivity (Wildman–Crippen MR) is 458 cm³/mol. The molecule has 104 heavy (non-hydrogen) atoms. The third-order valence-corrected chi connectivity index (χ3v) is 23.6. The molecule has 0 aromatic heterocycles. The zero-order valence-corrected chi connectivity index (χ0v) is 70.9. The van der Waals surface area contributed by atoms with Crippen molar-refractivity contribution >= 4 is 46.4 Å². The van der Waals surface area contributed by atoms with Crippen LogP contribution in [0.4, 0.5) is 0 Å². The van der Waals surface area contributed by atoms with E-state index < -0.39 is 0 Å². The molecule has 0 saturated heterocycles. The van der Waals surface area contributed by atoms with Crippen molar-refractivity contribution in [1.82, 2.24) is 0 Å². The van der Waals surface area contributed by atoms with E-state index in [-0.39, 0.29) is 0 Å². The summed E-state index contributed by atoms with van der Waals surface area (Å²) in [7, 11) is 0. The minimum atomic E-state index is 0.393. The molecule has 0 radical (unpaired) electrons. The van der Waals surface area contributed by atoms with Gasteiger partial charge in [-0.05, 0) is 92.4 Å². The van der Waals surface area contributed by atoms with Gasteiger partial charge >= 0.3 is 0 Å². The van der Waals surface area contributed by atoms with E-state index in [0.29, 0.717) is 75.6 Å². The van der Waals surface area contributed by atoms with Crippen molar-refractivity contribution in [1.29, 1.82) is 0 Å². The van der Waals surface area contributed by atoms with Crippen molar-refractivity contribution < 1.29 is 18.9 Å². The Morgan fingerprint density at radius 1 is 0.183 bits per heavy atom. The SMILES string of the molecule is CCCCCCCCCCCCCCCCOc1c2cc(CCl)cc1Cc1cc(CCl)cc(c1OCCCCCCCCCCCCCCCC)Cc1cc(CCl)cc(c1OCCCCCCCCCCCCCCCC)Cc1cc(CCl)cc(c1OCCCCCCCCCCCCCCCC)C2. The topological polar surface area (TPSA) is 36.9 Å². The van der Waals surface area contributed by atoms with Gasteiger partial charge < -0.3 is 18.9 Å². The van der Waals surface area contributed by atoms with Gasteiger partial charge in [-0.2, -0.15) is 0 Å². The molecule has 0 N–H and O–H groups in total. The van der Waals surface area contributed by atoms with Crippen LogP contribution in [0.1, 0.15) is 454 Å². The van der Waals surface area contributed by atoms with E-state index in [4.69, 9.17) is 65.4 Å². The number of fused-ring (bicyclic) bond motifs is 8. The normalized spacial score (nSPS) is 12.2. The molecule has 0 heterocycles. The molecular weight excluding hydrogens is 1360 g/mol. The fourth-order valence-electron chi connectivity index (χ4n) is 16.1. The molecule has 592 valence electrons. The third-order valence-electron chi connectivity index (χ3n) is 22.3. The number of hydrogen-bond acceptors (Lipinski definition) is 4. The van der Waals surface area contributed by atoms with Gasteiger partial charge in [0.25, 0.3) is 0 Å². The smallest absolute Gasteiger partial charge is 0.126 e. The maximum atomic E-state index is 7.31. The van der Waals surface area contributed by atoms with Gasteiger partial charge in [0.05, 0.1) is 26.4 Å². The van der Waals surface area contributed by atoms with Gasteiger partial charge in [0.1, 0.15) is 23.0 Å². The lowest BCUT2D eigenvalue weighted by molar-refractivity contribution is 0.292. The van der Waals surface area contributed by atoms with Crippen molar-refractivity contribution in [3.05, 3.63) is 115 Å². The van der Waals surface area contributed by atoms with Gasteiger partial charge in [0, 0.05) is 49.2 Å². The summed E-state index contributed by atoms with van der Waals surface area (Å²) in [6, 6.07) is 18.5. The molecule has 0 saturated carbocycles. The largest absolute Gasteiger partial charge is 0.493 e. The summed E-state index contributed by atoms with van der Waals surface area (Å²) in [5.41, 5.74) is 13.4. The number of benzene rings is 4. The van der Waals surface area contributed by atoms with Crippen molar-refractivity contribution in [3.8, 4) is 23.0 Å². The van der Waals surface area contributed by atoms with Crippen LogP contribution in [0.15, 0.2) is 48.5 Å². The van der Waals surface area contributed by atoms with E-state index in [1.54, 1.807) is 0 Å². The molecule has 4 aromatic carbocycles. The lowest BCUT2D eigenvalue weighted by Gasteiger charge is -2.25. The highest BCUT2D eigenvalue weighted by Gasteiger charge is 2.25. The van der Waals surface area contributed by atoms with Crippen LogP contribution in [0.5, 0.6) is 23.0 Å². The molecule has 8 bridgehead atoms. The molecule has 1 aliphatic carbocycles. The number of ether oxygens (including phenoxy) is 4. The highest BCUT2D eigenvalue weighted by atomic mass is 35.5. The van der Waals surface area contributed by atoms with Crippen LogP contribution in [0.2, 0.25) is 0 Å². The standard InChI is InChI=1S/C96H156Cl4O4/c1-5-9-13-17-21-25-29-33-37-41-45-49-53-57-61-101-93-85-65-81(77-97)66-86(93)74-88-68-83(79-99)70-90(95(88)103-63-59-55-51-47-43-39-35-31-27-23-19-15-11-7-3)76-92-72-84(80-100)71-91(96(92)104-64-60-56-52-48-44-40-36-32-28-24-20-16-12-8-4)75-89-69-82(78-98)67-87(73-85)94(89)102-62-58-54-50-46-42-38-34-30-26-22-18-14-10-6-2/h65-72H,5-64,73-80H2,1-4H3. The fraction of sp³-hybridized carbons (Fsp3) is 0.750. The molecule has 0 atom stereocenters. The van der Waals surface area contributed by atoms with Crippen molar-refractivity contribution in [3.63, 3.8) is 0 Å². The molecule has 1 aliphatic rings. The minimum Gasteiger partial charge on any atom is -0.493 e. The first-order valence-corrected chi connectivity index (χ1v) is 46.9. The van der Waals surface area contributed by atoms with Crippen LogP contribution >= 0.6 is 46.4 Å². The van der Waals surface area contributed by atoms with Crippen LogP contribution in [0.3, 0.4) is 0 Å². The average molecular weight is 1520 g/mol. The number of alkyl halides is 4. The number of rotatable bonds is 68. The Hall–Kier alpha value is -2.76. The highest BCUT2D eigenvalue weighted by Crippen LogP contribution is 2.42. The van der Waals surface area contributed by atoms with Crippen molar-refractivity contribution in [2.75, 3.05) is 26.4 Å². The van der Waals surface area contributed by atoms with Gasteiger partial charge in [0.2, 0.25) is 0 Å². The zero-order valence-electron chi connectivity index (χ0n) is 67.8. The second-order valence-corrected chi connectivity index (χ2v) is 33.1. The summed E-state index contributed by atoms with van der Waals surface area (Å²) >= 11 is 28.2.